The molecule has 1 heterocycles. The van der Waals surface area contributed by atoms with E-state index in [1.807, 2.05) is 0 Å². The summed E-state index contributed by atoms with van der Waals surface area (Å²) in [4.78, 5) is 0. The number of benzene rings is 1. The van der Waals surface area contributed by atoms with Crippen molar-refractivity contribution < 1.29 is 4.74 Å². The van der Waals surface area contributed by atoms with Crippen LogP contribution in [0, 0.1) is 12.8 Å². The first kappa shape index (κ1) is 12.6. The molecule has 0 bridgehead atoms. The lowest BCUT2D eigenvalue weighted by Crippen LogP contribution is -2.38. The van der Waals surface area contributed by atoms with Gasteiger partial charge in [-0.05, 0) is 37.4 Å². The van der Waals surface area contributed by atoms with E-state index in [2.05, 4.69) is 43.4 Å². The van der Waals surface area contributed by atoms with Crippen molar-refractivity contribution in [3.8, 4) is 0 Å². The minimum Gasteiger partial charge on any atom is -0.381 e. The van der Waals surface area contributed by atoms with Crippen molar-refractivity contribution in [2.24, 2.45) is 5.92 Å². The summed E-state index contributed by atoms with van der Waals surface area (Å²) in [5, 5.41) is 3.62. The van der Waals surface area contributed by atoms with E-state index in [0.717, 1.165) is 26.2 Å². The molecule has 0 amide bonds. The van der Waals surface area contributed by atoms with Gasteiger partial charge in [-0.1, -0.05) is 31.2 Å². The third-order valence-electron chi connectivity index (χ3n) is 3.70. The third-order valence-corrected chi connectivity index (χ3v) is 3.70. The number of ether oxygens (including phenoxy) is 1. The van der Waals surface area contributed by atoms with Gasteiger partial charge >= 0.3 is 0 Å². The van der Waals surface area contributed by atoms with Crippen LogP contribution in [0.1, 0.15) is 24.5 Å². The average Bonchev–Trinajstić information content (AvgIpc) is 2.85. The van der Waals surface area contributed by atoms with E-state index in [1.165, 1.54) is 17.5 Å². The minimum atomic E-state index is 0.559. The second-order valence-corrected chi connectivity index (χ2v) is 4.92. The zero-order valence-electron chi connectivity index (χ0n) is 10.9. The molecule has 2 unspecified atom stereocenters. The number of nitrogens with one attached hydrogen (secondary N) is 1. The fourth-order valence-corrected chi connectivity index (χ4v) is 2.61. The Kier molecular flexibility index (Phi) is 4.57. The lowest BCUT2D eigenvalue weighted by Gasteiger charge is -2.24. The molecule has 0 aliphatic carbocycles. The van der Waals surface area contributed by atoms with Crippen LogP contribution < -0.4 is 5.32 Å². The Morgan fingerprint density at radius 2 is 2.24 bits per heavy atom. The zero-order chi connectivity index (χ0) is 12.1. The van der Waals surface area contributed by atoms with Crippen molar-refractivity contribution in [3.05, 3.63) is 35.4 Å². The number of aryl methyl sites for hydroxylation is 1. The first-order chi connectivity index (χ1) is 8.31. The van der Waals surface area contributed by atoms with E-state index in [0.29, 0.717) is 12.0 Å². The molecule has 1 aliphatic rings. The topological polar surface area (TPSA) is 21.3 Å². The van der Waals surface area contributed by atoms with Gasteiger partial charge in [-0.15, -0.1) is 0 Å². The Labute approximate surface area is 104 Å². The number of rotatable bonds is 5. The molecule has 94 valence electrons. The summed E-state index contributed by atoms with van der Waals surface area (Å²) in [6, 6.07) is 9.25. The van der Waals surface area contributed by atoms with Crippen LogP contribution in [0.3, 0.4) is 0 Å². The standard InChI is InChI=1S/C15H23NO/c1-3-16-15(14-8-9-17-11-14)10-13-7-5-4-6-12(13)2/h4-7,14-16H,3,8-11H2,1-2H3. The lowest BCUT2D eigenvalue weighted by molar-refractivity contribution is 0.176. The first-order valence-corrected chi connectivity index (χ1v) is 6.67. The summed E-state index contributed by atoms with van der Waals surface area (Å²) in [6.07, 6.45) is 2.32. The van der Waals surface area contributed by atoms with Crippen LogP contribution in [-0.4, -0.2) is 25.8 Å². The summed E-state index contributed by atoms with van der Waals surface area (Å²) < 4.78 is 5.51. The van der Waals surface area contributed by atoms with Crippen LogP contribution in [0.15, 0.2) is 24.3 Å². The number of hydrogen-bond donors (Lipinski definition) is 1. The van der Waals surface area contributed by atoms with Gasteiger partial charge in [-0.3, -0.25) is 0 Å². The molecule has 1 fully saturated rings. The molecular weight excluding hydrogens is 210 g/mol. The van der Waals surface area contributed by atoms with E-state index in [1.54, 1.807) is 0 Å². The fraction of sp³-hybridized carbons (Fsp3) is 0.600. The molecule has 2 atom stereocenters. The molecule has 1 aromatic rings. The van der Waals surface area contributed by atoms with Gasteiger partial charge in [0.2, 0.25) is 0 Å². The Morgan fingerprint density at radius 1 is 1.41 bits per heavy atom. The van der Waals surface area contributed by atoms with Crippen LogP contribution in [0.25, 0.3) is 0 Å². The molecule has 1 aromatic carbocycles. The first-order valence-electron chi connectivity index (χ1n) is 6.67. The molecule has 0 aromatic heterocycles. The van der Waals surface area contributed by atoms with Gasteiger partial charge in [-0.25, -0.2) is 0 Å². The van der Waals surface area contributed by atoms with Crippen LogP contribution in [0.4, 0.5) is 0 Å². The van der Waals surface area contributed by atoms with Gasteiger partial charge in [0.25, 0.3) is 0 Å². The predicted octanol–water partition coefficient (Wildman–Crippen LogP) is 2.55. The molecule has 2 rings (SSSR count). The van der Waals surface area contributed by atoms with Crippen molar-refractivity contribution in [1.29, 1.82) is 0 Å². The highest BCUT2D eigenvalue weighted by molar-refractivity contribution is 5.26. The number of hydrogen-bond acceptors (Lipinski definition) is 2. The summed E-state index contributed by atoms with van der Waals surface area (Å²) in [7, 11) is 0. The highest BCUT2D eigenvalue weighted by Crippen LogP contribution is 2.21. The summed E-state index contributed by atoms with van der Waals surface area (Å²) in [5.74, 6) is 0.676. The van der Waals surface area contributed by atoms with Crippen molar-refractivity contribution in [3.63, 3.8) is 0 Å². The molecule has 2 heteroatoms. The molecule has 17 heavy (non-hydrogen) atoms. The van der Waals surface area contributed by atoms with E-state index in [-0.39, 0.29) is 0 Å². The van der Waals surface area contributed by atoms with Crippen molar-refractivity contribution in [2.45, 2.75) is 32.7 Å². The molecule has 2 nitrogen and oxygen atoms in total. The van der Waals surface area contributed by atoms with Crippen LogP contribution in [0.5, 0.6) is 0 Å². The Bertz CT molecular complexity index is 345. The Hall–Kier alpha value is -0.860. The Balaban J connectivity index is 2.04. The molecule has 1 saturated heterocycles. The molecule has 0 radical (unpaired) electrons. The highest BCUT2D eigenvalue weighted by Gasteiger charge is 2.25. The molecular formula is C15H23NO. The van der Waals surface area contributed by atoms with Crippen LogP contribution in [-0.2, 0) is 11.2 Å². The van der Waals surface area contributed by atoms with E-state index in [4.69, 9.17) is 4.74 Å². The fourth-order valence-electron chi connectivity index (χ4n) is 2.61. The van der Waals surface area contributed by atoms with Gasteiger partial charge in [0.1, 0.15) is 0 Å². The number of likely N-dealkylation sites (N-methyl/N-ethyl adjacent to an activating group) is 1. The van der Waals surface area contributed by atoms with E-state index in [9.17, 15) is 0 Å². The normalized spacial score (nSPS) is 21.6. The summed E-state index contributed by atoms with van der Waals surface area (Å²) in [6.45, 7) is 7.26. The average molecular weight is 233 g/mol. The molecule has 1 aliphatic heterocycles. The molecule has 1 N–H and O–H groups in total. The van der Waals surface area contributed by atoms with Crippen molar-refractivity contribution in [1.82, 2.24) is 5.32 Å². The van der Waals surface area contributed by atoms with Crippen molar-refractivity contribution >= 4 is 0 Å². The zero-order valence-corrected chi connectivity index (χ0v) is 10.9. The largest absolute Gasteiger partial charge is 0.381 e. The van der Waals surface area contributed by atoms with Gasteiger partial charge in [-0.2, -0.15) is 0 Å². The van der Waals surface area contributed by atoms with E-state index >= 15 is 0 Å². The van der Waals surface area contributed by atoms with E-state index < -0.39 is 0 Å². The maximum atomic E-state index is 5.51. The second-order valence-electron chi connectivity index (χ2n) is 4.92. The smallest absolute Gasteiger partial charge is 0.0510 e. The summed E-state index contributed by atoms with van der Waals surface area (Å²) in [5.41, 5.74) is 2.86. The summed E-state index contributed by atoms with van der Waals surface area (Å²) >= 11 is 0. The highest BCUT2D eigenvalue weighted by atomic mass is 16.5. The molecule has 0 spiro atoms. The van der Waals surface area contributed by atoms with Crippen molar-refractivity contribution in [2.75, 3.05) is 19.8 Å². The molecule has 0 saturated carbocycles. The van der Waals surface area contributed by atoms with Gasteiger partial charge < -0.3 is 10.1 Å². The monoisotopic (exact) mass is 233 g/mol. The van der Waals surface area contributed by atoms with Crippen LogP contribution >= 0.6 is 0 Å². The quantitative estimate of drug-likeness (QED) is 0.844. The van der Waals surface area contributed by atoms with Gasteiger partial charge in [0.05, 0.1) is 6.61 Å². The lowest BCUT2D eigenvalue weighted by atomic mass is 9.91. The maximum Gasteiger partial charge on any atom is 0.0510 e. The van der Waals surface area contributed by atoms with Gasteiger partial charge in [0.15, 0.2) is 0 Å². The second kappa shape index (κ2) is 6.18. The SMILES string of the molecule is CCNC(Cc1ccccc1C)C1CCOC1. The predicted molar refractivity (Wildman–Crippen MR) is 71.3 cm³/mol. The maximum absolute atomic E-state index is 5.51. The van der Waals surface area contributed by atoms with Gasteiger partial charge in [0, 0.05) is 18.6 Å². The minimum absolute atomic E-state index is 0.559. The Morgan fingerprint density at radius 3 is 2.88 bits per heavy atom. The third kappa shape index (κ3) is 3.30. The van der Waals surface area contributed by atoms with Crippen LogP contribution in [0.2, 0.25) is 0 Å².